The summed E-state index contributed by atoms with van der Waals surface area (Å²) in [7, 11) is 0. The molecule has 7 heteroatoms. The maximum Gasteiger partial charge on any atom is 0.274 e. The minimum Gasteiger partial charge on any atom is -0.323 e. The zero-order valence-electron chi connectivity index (χ0n) is 15.4. The quantitative estimate of drug-likeness (QED) is 0.732. The number of para-hydroxylation sites is 1. The van der Waals surface area contributed by atoms with Crippen LogP contribution in [0.15, 0.2) is 48.5 Å². The number of nitrogens with one attached hydrogen (secondary N) is 1. The zero-order valence-corrected chi connectivity index (χ0v) is 15.4. The molecule has 0 bridgehead atoms. The second kappa shape index (κ2) is 6.99. The van der Waals surface area contributed by atoms with E-state index in [0.717, 1.165) is 24.2 Å². The minimum atomic E-state index is -1.03. The molecule has 3 aromatic rings. The molecule has 0 aliphatic carbocycles. The molecule has 142 valence electrons. The highest BCUT2D eigenvalue weighted by atomic mass is 19.2. The number of benzene rings is 2. The molecule has 1 N–H and O–H groups in total. The lowest BCUT2D eigenvalue weighted by atomic mass is 10.1. The van der Waals surface area contributed by atoms with Gasteiger partial charge in [0.2, 0.25) is 0 Å². The van der Waals surface area contributed by atoms with Gasteiger partial charge in [0.15, 0.2) is 11.6 Å². The summed E-state index contributed by atoms with van der Waals surface area (Å²) >= 11 is 0. The SMILES string of the molecule is Cc1nc(C(=O)Nc2ccc(F)c(F)c2)cc(N2c3ccccc3CC2C)n1. The summed E-state index contributed by atoms with van der Waals surface area (Å²) < 4.78 is 26.5. The molecule has 0 saturated carbocycles. The molecule has 28 heavy (non-hydrogen) atoms. The molecule has 1 unspecified atom stereocenters. The molecule has 2 heterocycles. The maximum absolute atomic E-state index is 13.4. The third-order valence-electron chi connectivity index (χ3n) is 4.69. The van der Waals surface area contributed by atoms with Crippen molar-refractivity contribution in [2.24, 2.45) is 0 Å². The first-order valence-corrected chi connectivity index (χ1v) is 8.91. The molecule has 4 rings (SSSR count). The first-order chi connectivity index (χ1) is 13.4. The predicted molar refractivity (Wildman–Crippen MR) is 103 cm³/mol. The van der Waals surface area contributed by atoms with Gasteiger partial charge in [-0.3, -0.25) is 4.79 Å². The third-order valence-corrected chi connectivity index (χ3v) is 4.69. The molecule has 1 aromatic heterocycles. The first-order valence-electron chi connectivity index (χ1n) is 8.91. The fourth-order valence-corrected chi connectivity index (χ4v) is 3.48. The van der Waals surface area contributed by atoms with Crippen LogP contribution in [0.3, 0.4) is 0 Å². The number of nitrogens with zero attached hydrogens (tertiary/aromatic N) is 3. The largest absolute Gasteiger partial charge is 0.323 e. The first kappa shape index (κ1) is 18.0. The van der Waals surface area contributed by atoms with E-state index in [1.54, 1.807) is 13.0 Å². The van der Waals surface area contributed by atoms with Crippen LogP contribution in [-0.2, 0) is 6.42 Å². The molecular formula is C21H18F2N4O. The van der Waals surface area contributed by atoms with Crippen molar-refractivity contribution in [1.29, 1.82) is 0 Å². The number of rotatable bonds is 3. The molecule has 2 aromatic carbocycles. The lowest BCUT2D eigenvalue weighted by molar-refractivity contribution is 0.102. The second-order valence-corrected chi connectivity index (χ2v) is 6.79. The van der Waals surface area contributed by atoms with Gasteiger partial charge in [0, 0.05) is 29.5 Å². The monoisotopic (exact) mass is 380 g/mol. The average molecular weight is 380 g/mol. The molecule has 0 spiro atoms. The Bertz CT molecular complexity index is 1070. The van der Waals surface area contributed by atoms with Gasteiger partial charge in [-0.1, -0.05) is 18.2 Å². The van der Waals surface area contributed by atoms with Crippen LogP contribution in [0.5, 0.6) is 0 Å². The molecule has 5 nitrogen and oxygen atoms in total. The van der Waals surface area contributed by atoms with Crippen LogP contribution < -0.4 is 10.2 Å². The normalized spacial score (nSPS) is 15.4. The molecule has 1 aliphatic rings. The van der Waals surface area contributed by atoms with E-state index in [4.69, 9.17) is 0 Å². The zero-order chi connectivity index (χ0) is 19.8. The highest BCUT2D eigenvalue weighted by Gasteiger charge is 2.28. The van der Waals surface area contributed by atoms with Crippen LogP contribution in [0.1, 0.15) is 28.8 Å². The third kappa shape index (κ3) is 3.31. The average Bonchev–Trinajstić information content (AvgIpc) is 3.00. The summed E-state index contributed by atoms with van der Waals surface area (Å²) in [6.07, 6.45) is 0.885. The van der Waals surface area contributed by atoms with E-state index < -0.39 is 17.5 Å². The van der Waals surface area contributed by atoms with Crippen LogP contribution in [0.4, 0.5) is 26.0 Å². The van der Waals surface area contributed by atoms with Gasteiger partial charge >= 0.3 is 0 Å². The van der Waals surface area contributed by atoms with E-state index in [-0.39, 0.29) is 17.4 Å². The van der Waals surface area contributed by atoms with Crippen molar-refractivity contribution in [3.05, 3.63) is 77.2 Å². The Morgan fingerprint density at radius 1 is 1.11 bits per heavy atom. The Hall–Kier alpha value is -3.35. The number of fused-ring (bicyclic) bond motifs is 1. The Morgan fingerprint density at radius 3 is 2.68 bits per heavy atom. The van der Waals surface area contributed by atoms with Crippen molar-refractivity contribution in [2.45, 2.75) is 26.3 Å². The number of amides is 1. The number of halogens is 2. The molecule has 0 fully saturated rings. The molecule has 1 aliphatic heterocycles. The number of hydrogen-bond donors (Lipinski definition) is 1. The van der Waals surface area contributed by atoms with E-state index in [2.05, 4.69) is 33.2 Å². The van der Waals surface area contributed by atoms with E-state index in [1.165, 1.54) is 11.6 Å². The second-order valence-electron chi connectivity index (χ2n) is 6.79. The Labute approximate surface area is 161 Å². The number of hydrogen-bond acceptors (Lipinski definition) is 4. The molecule has 0 radical (unpaired) electrons. The molecular weight excluding hydrogens is 362 g/mol. The van der Waals surface area contributed by atoms with E-state index in [9.17, 15) is 13.6 Å². The Kier molecular flexibility index (Phi) is 4.50. The van der Waals surface area contributed by atoms with E-state index in [0.29, 0.717) is 11.6 Å². The number of anilines is 3. The van der Waals surface area contributed by atoms with Crippen LogP contribution in [0, 0.1) is 18.6 Å². The summed E-state index contributed by atoms with van der Waals surface area (Å²) in [6, 6.07) is 13.1. The number of aryl methyl sites for hydroxylation is 1. The summed E-state index contributed by atoms with van der Waals surface area (Å²) in [6.45, 7) is 3.81. The highest BCUT2D eigenvalue weighted by Crippen LogP contribution is 2.37. The van der Waals surface area contributed by atoms with Crippen LogP contribution >= 0.6 is 0 Å². The Morgan fingerprint density at radius 2 is 1.89 bits per heavy atom. The summed E-state index contributed by atoms with van der Waals surface area (Å²) in [5.41, 5.74) is 2.59. The minimum absolute atomic E-state index is 0.154. The van der Waals surface area contributed by atoms with Crippen LogP contribution in [-0.4, -0.2) is 21.9 Å². The summed E-state index contributed by atoms with van der Waals surface area (Å²) in [5, 5.41) is 2.55. The smallest absolute Gasteiger partial charge is 0.274 e. The van der Waals surface area contributed by atoms with Gasteiger partial charge in [0.25, 0.3) is 5.91 Å². The molecule has 1 amide bonds. The highest BCUT2D eigenvalue weighted by molar-refractivity contribution is 6.03. The Balaban J connectivity index is 1.66. The van der Waals surface area contributed by atoms with Crippen molar-refractivity contribution >= 4 is 23.1 Å². The van der Waals surface area contributed by atoms with Crippen LogP contribution in [0.25, 0.3) is 0 Å². The van der Waals surface area contributed by atoms with Gasteiger partial charge < -0.3 is 10.2 Å². The number of carbonyl (C=O) groups is 1. The topological polar surface area (TPSA) is 58.1 Å². The van der Waals surface area contributed by atoms with Gasteiger partial charge in [-0.15, -0.1) is 0 Å². The molecule has 0 saturated heterocycles. The van der Waals surface area contributed by atoms with Crippen molar-refractivity contribution < 1.29 is 13.6 Å². The fourth-order valence-electron chi connectivity index (χ4n) is 3.48. The lowest BCUT2D eigenvalue weighted by Crippen LogP contribution is -2.26. The van der Waals surface area contributed by atoms with Crippen molar-refractivity contribution in [3.8, 4) is 0 Å². The fraction of sp³-hybridized carbons (Fsp3) is 0.190. The van der Waals surface area contributed by atoms with Gasteiger partial charge in [0.1, 0.15) is 17.3 Å². The van der Waals surface area contributed by atoms with Gasteiger partial charge in [-0.2, -0.15) is 0 Å². The van der Waals surface area contributed by atoms with Crippen molar-refractivity contribution in [2.75, 3.05) is 10.2 Å². The molecule has 1 atom stereocenters. The summed E-state index contributed by atoms with van der Waals surface area (Å²) in [4.78, 5) is 23.4. The van der Waals surface area contributed by atoms with Gasteiger partial charge in [-0.25, -0.2) is 18.7 Å². The maximum atomic E-state index is 13.4. The van der Waals surface area contributed by atoms with Gasteiger partial charge in [-0.05, 0) is 44.0 Å². The lowest BCUT2D eigenvalue weighted by Gasteiger charge is -2.24. The summed E-state index contributed by atoms with van der Waals surface area (Å²) in [5.74, 6) is -1.44. The standard InChI is InChI=1S/C21H18F2N4O/c1-12-9-14-5-3-4-6-19(14)27(12)20-11-18(24-13(2)25-20)21(28)26-15-7-8-16(22)17(23)10-15/h3-8,10-12H,9H2,1-2H3,(H,26,28). The van der Waals surface area contributed by atoms with E-state index in [1.807, 2.05) is 18.2 Å². The van der Waals surface area contributed by atoms with Crippen molar-refractivity contribution in [3.63, 3.8) is 0 Å². The number of carbonyl (C=O) groups excluding carboxylic acids is 1. The number of aromatic nitrogens is 2. The van der Waals surface area contributed by atoms with Crippen molar-refractivity contribution in [1.82, 2.24) is 9.97 Å². The van der Waals surface area contributed by atoms with E-state index >= 15 is 0 Å². The van der Waals surface area contributed by atoms with Gasteiger partial charge in [0.05, 0.1) is 0 Å². The predicted octanol–water partition coefficient (Wildman–Crippen LogP) is 4.40. The van der Waals surface area contributed by atoms with Crippen LogP contribution in [0.2, 0.25) is 0 Å².